The van der Waals surface area contributed by atoms with E-state index in [1.54, 1.807) is 19.1 Å². The van der Waals surface area contributed by atoms with Crippen molar-refractivity contribution < 1.29 is 22.4 Å². The monoisotopic (exact) mass is 480 g/mol. The number of sulfone groups is 1. The Kier molecular flexibility index (Phi) is 7.56. The van der Waals surface area contributed by atoms with E-state index < -0.39 is 26.4 Å². The zero-order chi connectivity index (χ0) is 23.4. The molecule has 0 saturated heterocycles. The summed E-state index contributed by atoms with van der Waals surface area (Å²) in [5, 5.41) is 3.10. The van der Waals surface area contributed by atoms with Crippen LogP contribution in [0.1, 0.15) is 38.2 Å². The lowest BCUT2D eigenvalue weighted by atomic mass is 10.1. The van der Waals surface area contributed by atoms with Gasteiger partial charge in [-0.2, -0.15) is 0 Å². The highest BCUT2D eigenvalue weighted by molar-refractivity contribution is 7.93. The molecule has 0 bridgehead atoms. The molecule has 0 aliphatic heterocycles. The number of halogens is 2. The molecular weight excluding hydrogens is 455 g/mol. The Hall–Kier alpha value is -2.45. The molecule has 0 atom stereocenters. The van der Waals surface area contributed by atoms with Crippen LogP contribution in [0, 0.1) is 5.82 Å². The van der Waals surface area contributed by atoms with Crippen molar-refractivity contribution in [2.75, 3.05) is 13.1 Å². The van der Waals surface area contributed by atoms with E-state index in [1.807, 2.05) is 0 Å². The van der Waals surface area contributed by atoms with Gasteiger partial charge >= 0.3 is 0 Å². The Bertz CT molecular complexity index is 1070. The largest absolute Gasteiger partial charge is 0.350 e. The van der Waals surface area contributed by atoms with Crippen molar-refractivity contribution in [1.29, 1.82) is 0 Å². The zero-order valence-corrected chi connectivity index (χ0v) is 19.4. The number of carbonyl (C=O) groups is 2. The van der Waals surface area contributed by atoms with Crippen LogP contribution < -0.4 is 5.32 Å². The standard InChI is InChI=1S/C23H26ClFN2O4S/c1-2-27(16-21(28)26-15-17-5-9-19(25)10-6-17)22(29)23(13-3-4-14-23)32(30,31)20-11-7-18(24)8-12-20/h5-12H,2-4,13-16H2,1H3,(H,26,28). The summed E-state index contributed by atoms with van der Waals surface area (Å²) >= 11 is 5.90. The van der Waals surface area contributed by atoms with Gasteiger partial charge in [-0.3, -0.25) is 9.59 Å². The van der Waals surface area contributed by atoms with Crippen LogP contribution in [0.3, 0.4) is 0 Å². The molecule has 2 amide bonds. The summed E-state index contributed by atoms with van der Waals surface area (Å²) in [5.74, 6) is -1.34. The van der Waals surface area contributed by atoms with Gasteiger partial charge < -0.3 is 10.2 Å². The fraction of sp³-hybridized carbons (Fsp3) is 0.391. The van der Waals surface area contributed by atoms with Crippen molar-refractivity contribution in [3.05, 3.63) is 64.9 Å². The number of rotatable bonds is 8. The average Bonchev–Trinajstić information content (AvgIpc) is 3.29. The molecule has 2 aromatic carbocycles. The molecule has 1 saturated carbocycles. The Balaban J connectivity index is 1.77. The lowest BCUT2D eigenvalue weighted by Gasteiger charge is -2.33. The summed E-state index contributed by atoms with van der Waals surface area (Å²) in [6.07, 6.45) is 1.66. The van der Waals surface area contributed by atoms with E-state index >= 15 is 0 Å². The normalized spacial score (nSPS) is 15.3. The van der Waals surface area contributed by atoms with Gasteiger partial charge in [0.15, 0.2) is 14.6 Å². The minimum absolute atomic E-state index is 0.0500. The van der Waals surface area contributed by atoms with Gasteiger partial charge in [-0.15, -0.1) is 0 Å². The molecule has 0 radical (unpaired) electrons. The molecule has 6 nitrogen and oxygen atoms in total. The van der Waals surface area contributed by atoms with Gasteiger partial charge in [0.05, 0.1) is 11.4 Å². The molecule has 1 N–H and O–H groups in total. The second-order valence-corrected chi connectivity index (χ2v) is 10.6. The predicted molar refractivity (Wildman–Crippen MR) is 120 cm³/mol. The summed E-state index contributed by atoms with van der Waals surface area (Å²) in [6, 6.07) is 11.5. The fourth-order valence-electron chi connectivity index (χ4n) is 4.03. The third-order valence-electron chi connectivity index (χ3n) is 5.85. The average molecular weight is 481 g/mol. The van der Waals surface area contributed by atoms with Crippen molar-refractivity contribution in [1.82, 2.24) is 10.2 Å². The van der Waals surface area contributed by atoms with Crippen molar-refractivity contribution in [2.45, 2.75) is 48.8 Å². The first-order valence-electron chi connectivity index (χ1n) is 10.5. The molecule has 1 fully saturated rings. The highest BCUT2D eigenvalue weighted by Gasteiger charge is 2.54. The maximum Gasteiger partial charge on any atom is 0.244 e. The van der Waals surface area contributed by atoms with Gasteiger partial charge in [-0.05, 0) is 61.7 Å². The second kappa shape index (κ2) is 10.0. The smallest absolute Gasteiger partial charge is 0.244 e. The molecule has 9 heteroatoms. The van der Waals surface area contributed by atoms with Crippen LogP contribution in [-0.4, -0.2) is 43.0 Å². The van der Waals surface area contributed by atoms with E-state index in [2.05, 4.69) is 5.32 Å². The molecule has 172 valence electrons. The molecule has 1 aliphatic carbocycles. The van der Waals surface area contributed by atoms with E-state index in [4.69, 9.17) is 11.6 Å². The van der Waals surface area contributed by atoms with Gasteiger partial charge in [0.25, 0.3) is 0 Å². The maximum atomic E-state index is 13.5. The summed E-state index contributed by atoms with van der Waals surface area (Å²) in [5.41, 5.74) is 0.715. The number of amides is 2. The summed E-state index contributed by atoms with van der Waals surface area (Å²) in [7, 11) is -3.98. The van der Waals surface area contributed by atoms with E-state index in [1.165, 1.54) is 41.3 Å². The Morgan fingerprint density at radius 3 is 2.22 bits per heavy atom. The second-order valence-electron chi connectivity index (χ2n) is 7.88. The molecule has 0 spiro atoms. The first kappa shape index (κ1) is 24.2. The third-order valence-corrected chi connectivity index (χ3v) is 8.60. The van der Waals surface area contributed by atoms with E-state index in [-0.39, 0.29) is 43.2 Å². The third kappa shape index (κ3) is 4.96. The van der Waals surface area contributed by atoms with Crippen molar-refractivity contribution >= 4 is 33.3 Å². The quantitative estimate of drug-likeness (QED) is 0.624. The molecule has 0 heterocycles. The number of likely N-dealkylation sites (N-methyl/N-ethyl adjacent to an activating group) is 1. The highest BCUT2D eigenvalue weighted by Crippen LogP contribution is 2.42. The van der Waals surface area contributed by atoms with Crippen LogP contribution in [0.15, 0.2) is 53.4 Å². The predicted octanol–water partition coefficient (Wildman–Crippen LogP) is 3.73. The van der Waals surface area contributed by atoms with Gasteiger partial charge in [-0.1, -0.05) is 36.6 Å². The minimum atomic E-state index is -3.98. The number of hydrogen-bond acceptors (Lipinski definition) is 4. The molecule has 1 aliphatic rings. The van der Waals surface area contributed by atoms with E-state index in [9.17, 15) is 22.4 Å². The molecule has 2 aromatic rings. The number of nitrogens with one attached hydrogen (secondary N) is 1. The Morgan fingerprint density at radius 2 is 1.66 bits per heavy atom. The topological polar surface area (TPSA) is 83.6 Å². The zero-order valence-electron chi connectivity index (χ0n) is 17.8. The van der Waals surface area contributed by atoms with Crippen molar-refractivity contribution in [3.63, 3.8) is 0 Å². The van der Waals surface area contributed by atoms with Gasteiger partial charge in [0, 0.05) is 18.1 Å². The first-order valence-corrected chi connectivity index (χ1v) is 12.4. The number of carbonyl (C=O) groups excluding carboxylic acids is 2. The first-order chi connectivity index (χ1) is 15.2. The van der Waals surface area contributed by atoms with Crippen molar-refractivity contribution in [2.24, 2.45) is 0 Å². The van der Waals surface area contributed by atoms with Gasteiger partial charge in [-0.25, -0.2) is 12.8 Å². The molecule has 0 unspecified atom stereocenters. The van der Waals surface area contributed by atoms with Crippen LogP contribution >= 0.6 is 11.6 Å². The van der Waals surface area contributed by atoms with Gasteiger partial charge in [0.2, 0.25) is 11.8 Å². The Morgan fingerprint density at radius 1 is 1.06 bits per heavy atom. The molecule has 0 aromatic heterocycles. The van der Waals surface area contributed by atoms with Crippen molar-refractivity contribution in [3.8, 4) is 0 Å². The van der Waals surface area contributed by atoms with Crippen LogP contribution in [0.4, 0.5) is 4.39 Å². The van der Waals surface area contributed by atoms with Crippen LogP contribution in [0.5, 0.6) is 0 Å². The van der Waals surface area contributed by atoms with Crippen LogP contribution in [0.2, 0.25) is 5.02 Å². The molecular formula is C23H26ClFN2O4S. The van der Waals surface area contributed by atoms with E-state index in [0.29, 0.717) is 23.4 Å². The fourth-order valence-corrected chi connectivity index (χ4v) is 6.29. The maximum absolute atomic E-state index is 13.5. The lowest BCUT2D eigenvalue weighted by molar-refractivity contribution is -0.138. The lowest BCUT2D eigenvalue weighted by Crippen LogP contribution is -2.54. The van der Waals surface area contributed by atoms with Gasteiger partial charge in [0.1, 0.15) is 5.82 Å². The Labute approximate surface area is 192 Å². The van der Waals surface area contributed by atoms with Crippen LogP contribution in [0.25, 0.3) is 0 Å². The SMILES string of the molecule is CCN(CC(=O)NCc1ccc(F)cc1)C(=O)C1(S(=O)(=O)c2ccc(Cl)cc2)CCCC1. The number of hydrogen-bond donors (Lipinski definition) is 1. The number of benzene rings is 2. The highest BCUT2D eigenvalue weighted by atomic mass is 35.5. The number of nitrogens with zero attached hydrogens (tertiary/aromatic N) is 1. The molecule has 3 rings (SSSR count). The summed E-state index contributed by atoms with van der Waals surface area (Å²) in [4.78, 5) is 27.4. The summed E-state index contributed by atoms with van der Waals surface area (Å²) < 4.78 is 38.5. The summed E-state index contributed by atoms with van der Waals surface area (Å²) in [6.45, 7) is 1.83. The van der Waals surface area contributed by atoms with Crippen LogP contribution in [-0.2, 0) is 26.0 Å². The minimum Gasteiger partial charge on any atom is -0.350 e. The van der Waals surface area contributed by atoms with E-state index in [0.717, 1.165) is 0 Å². The molecule has 32 heavy (non-hydrogen) atoms.